The molecule has 0 unspecified atom stereocenters. The number of nitrogens with zero attached hydrogens (tertiary/aromatic N) is 2. The van der Waals surface area contributed by atoms with Gasteiger partial charge >= 0.3 is 0 Å². The van der Waals surface area contributed by atoms with Crippen molar-refractivity contribution in [1.82, 2.24) is 19.8 Å². The third-order valence-electron chi connectivity index (χ3n) is 4.50. The van der Waals surface area contributed by atoms with Crippen LogP contribution in [0.25, 0.3) is 0 Å². The fraction of sp³-hybridized carbons (Fsp3) is 0.273. The van der Waals surface area contributed by atoms with Crippen LogP contribution in [0.5, 0.6) is 0 Å². The van der Waals surface area contributed by atoms with E-state index in [0.717, 1.165) is 11.1 Å². The predicted molar refractivity (Wildman–Crippen MR) is 121 cm³/mol. The minimum Gasteiger partial charge on any atom is -0.348 e. The van der Waals surface area contributed by atoms with E-state index in [1.54, 1.807) is 42.9 Å². The highest BCUT2D eigenvalue weighted by Crippen LogP contribution is 2.16. The van der Waals surface area contributed by atoms with Crippen LogP contribution >= 0.6 is 11.6 Å². The smallest absolute Gasteiger partial charge is 0.254 e. The summed E-state index contributed by atoms with van der Waals surface area (Å²) < 4.78 is 28.8. The van der Waals surface area contributed by atoms with Crippen LogP contribution in [-0.2, 0) is 28.9 Å². The van der Waals surface area contributed by atoms with E-state index in [9.17, 15) is 13.2 Å². The molecule has 0 saturated carbocycles. The van der Waals surface area contributed by atoms with Crippen molar-refractivity contribution in [3.63, 3.8) is 0 Å². The van der Waals surface area contributed by atoms with Gasteiger partial charge in [0.05, 0.1) is 24.1 Å². The molecule has 7 nitrogen and oxygen atoms in total. The summed E-state index contributed by atoms with van der Waals surface area (Å²) >= 11 is 6.18. The SMILES string of the molecule is CC(C)NS(=O)(=O)Cc1ccccc1CNC(=O)c1cnn(Cc2ccccc2Cl)c1. The number of halogens is 1. The Morgan fingerprint density at radius 1 is 1.06 bits per heavy atom. The van der Waals surface area contributed by atoms with Crippen molar-refractivity contribution in [3.05, 3.63) is 88.2 Å². The van der Waals surface area contributed by atoms with Crippen molar-refractivity contribution in [3.8, 4) is 0 Å². The topological polar surface area (TPSA) is 93.1 Å². The molecular weight excluding hydrogens is 436 g/mol. The summed E-state index contributed by atoms with van der Waals surface area (Å²) in [5, 5.41) is 7.71. The predicted octanol–water partition coefficient (Wildman–Crippen LogP) is 3.34. The maximum absolute atomic E-state index is 12.6. The first-order valence-corrected chi connectivity index (χ1v) is 11.9. The van der Waals surface area contributed by atoms with Gasteiger partial charge in [0.15, 0.2) is 0 Å². The van der Waals surface area contributed by atoms with Crippen LogP contribution in [0.4, 0.5) is 0 Å². The summed E-state index contributed by atoms with van der Waals surface area (Å²) in [6, 6.07) is 14.4. The third-order valence-corrected chi connectivity index (χ3v) is 6.39. The molecule has 1 amide bonds. The molecule has 0 aliphatic rings. The van der Waals surface area contributed by atoms with E-state index >= 15 is 0 Å². The molecule has 0 fully saturated rings. The van der Waals surface area contributed by atoms with Gasteiger partial charge < -0.3 is 5.32 Å². The Hall–Kier alpha value is -2.68. The van der Waals surface area contributed by atoms with Gasteiger partial charge in [-0.15, -0.1) is 0 Å². The van der Waals surface area contributed by atoms with Crippen LogP contribution < -0.4 is 10.0 Å². The highest BCUT2D eigenvalue weighted by molar-refractivity contribution is 7.88. The van der Waals surface area contributed by atoms with Crippen molar-refractivity contribution in [1.29, 1.82) is 0 Å². The summed E-state index contributed by atoms with van der Waals surface area (Å²) in [7, 11) is -3.46. The zero-order valence-corrected chi connectivity index (χ0v) is 18.9. The Morgan fingerprint density at radius 3 is 2.39 bits per heavy atom. The lowest BCUT2D eigenvalue weighted by molar-refractivity contribution is 0.0950. The van der Waals surface area contributed by atoms with Gasteiger partial charge in [0.2, 0.25) is 10.0 Å². The van der Waals surface area contributed by atoms with Gasteiger partial charge in [0, 0.05) is 23.8 Å². The molecule has 0 aliphatic heterocycles. The molecule has 1 aromatic heterocycles. The van der Waals surface area contributed by atoms with Gasteiger partial charge in [-0.3, -0.25) is 9.48 Å². The van der Waals surface area contributed by atoms with E-state index in [-0.39, 0.29) is 24.2 Å². The van der Waals surface area contributed by atoms with Crippen molar-refractivity contribution < 1.29 is 13.2 Å². The molecule has 31 heavy (non-hydrogen) atoms. The van der Waals surface area contributed by atoms with Gasteiger partial charge in [-0.05, 0) is 36.6 Å². The zero-order valence-electron chi connectivity index (χ0n) is 17.4. The minimum atomic E-state index is -3.46. The van der Waals surface area contributed by atoms with Crippen molar-refractivity contribution >= 4 is 27.5 Å². The zero-order chi connectivity index (χ0) is 22.4. The van der Waals surface area contributed by atoms with E-state index in [0.29, 0.717) is 22.7 Å². The van der Waals surface area contributed by atoms with Crippen LogP contribution in [0.15, 0.2) is 60.9 Å². The molecule has 0 bridgehead atoms. The maximum atomic E-state index is 12.6. The number of benzene rings is 2. The summed E-state index contributed by atoms with van der Waals surface area (Å²) in [5.41, 5.74) is 2.71. The molecule has 0 saturated heterocycles. The summed E-state index contributed by atoms with van der Waals surface area (Å²) in [4.78, 5) is 12.6. The molecule has 2 aromatic carbocycles. The molecule has 3 aromatic rings. The summed E-state index contributed by atoms with van der Waals surface area (Å²) in [6.45, 7) is 4.21. The average molecular weight is 461 g/mol. The number of sulfonamides is 1. The van der Waals surface area contributed by atoms with Crippen molar-refractivity contribution in [2.75, 3.05) is 0 Å². The lowest BCUT2D eigenvalue weighted by atomic mass is 10.1. The van der Waals surface area contributed by atoms with Gasteiger partial charge in [-0.1, -0.05) is 54.1 Å². The van der Waals surface area contributed by atoms with Crippen LogP contribution in [0.3, 0.4) is 0 Å². The largest absolute Gasteiger partial charge is 0.348 e. The third kappa shape index (κ3) is 6.65. The molecular formula is C22H25ClN4O3S. The number of amides is 1. The first kappa shape index (κ1) is 23.0. The Bertz CT molecular complexity index is 1160. The van der Waals surface area contributed by atoms with Gasteiger partial charge in [0.25, 0.3) is 5.91 Å². The normalized spacial score (nSPS) is 11.6. The maximum Gasteiger partial charge on any atom is 0.254 e. The number of carbonyl (C=O) groups excluding carboxylic acids is 1. The Labute approximate surface area is 187 Å². The van der Waals surface area contributed by atoms with Crippen molar-refractivity contribution in [2.24, 2.45) is 0 Å². The van der Waals surface area contributed by atoms with E-state index in [4.69, 9.17) is 11.6 Å². The highest BCUT2D eigenvalue weighted by Gasteiger charge is 2.16. The van der Waals surface area contributed by atoms with Crippen LogP contribution in [0.1, 0.15) is 40.9 Å². The summed E-state index contributed by atoms with van der Waals surface area (Å²) in [6.07, 6.45) is 3.15. The highest BCUT2D eigenvalue weighted by atomic mass is 35.5. The molecule has 3 rings (SSSR count). The fourth-order valence-electron chi connectivity index (χ4n) is 3.12. The molecule has 0 atom stereocenters. The van der Waals surface area contributed by atoms with Gasteiger partial charge in [-0.2, -0.15) is 5.10 Å². The second-order valence-corrected chi connectivity index (χ2v) is 9.66. The van der Waals surface area contributed by atoms with E-state index < -0.39 is 10.0 Å². The number of hydrogen-bond donors (Lipinski definition) is 2. The molecule has 164 valence electrons. The number of carbonyl (C=O) groups is 1. The second-order valence-electron chi connectivity index (χ2n) is 7.50. The van der Waals surface area contributed by atoms with Crippen molar-refractivity contribution in [2.45, 2.75) is 38.7 Å². The quantitative estimate of drug-likeness (QED) is 0.512. The number of rotatable bonds is 9. The molecule has 0 spiro atoms. The average Bonchev–Trinajstić information content (AvgIpc) is 3.16. The first-order valence-electron chi connectivity index (χ1n) is 9.84. The molecule has 0 aliphatic carbocycles. The summed E-state index contributed by atoms with van der Waals surface area (Å²) in [5.74, 6) is -0.434. The number of aromatic nitrogens is 2. The molecule has 1 heterocycles. The molecule has 0 radical (unpaired) electrons. The fourth-order valence-corrected chi connectivity index (χ4v) is 4.81. The van der Waals surface area contributed by atoms with E-state index in [1.165, 1.54) is 6.20 Å². The number of hydrogen-bond acceptors (Lipinski definition) is 4. The Balaban J connectivity index is 1.64. The first-order chi connectivity index (χ1) is 14.7. The lowest BCUT2D eigenvalue weighted by Gasteiger charge is -2.13. The van der Waals surface area contributed by atoms with Crippen LogP contribution in [0, 0.1) is 0 Å². The Kier molecular flexibility index (Phi) is 7.48. The van der Waals surface area contributed by atoms with Crippen LogP contribution in [0.2, 0.25) is 5.02 Å². The molecule has 2 N–H and O–H groups in total. The van der Waals surface area contributed by atoms with E-state index in [2.05, 4.69) is 15.1 Å². The Morgan fingerprint density at radius 2 is 1.71 bits per heavy atom. The standard InChI is InChI=1S/C22H25ClN4O3S/c1-16(2)26-31(29,30)15-19-9-4-3-7-17(19)11-24-22(28)20-12-25-27(14-20)13-18-8-5-6-10-21(18)23/h3-10,12,14,16,26H,11,13,15H2,1-2H3,(H,24,28). The monoisotopic (exact) mass is 460 g/mol. The minimum absolute atomic E-state index is 0.146. The van der Waals surface area contributed by atoms with Gasteiger partial charge in [-0.25, -0.2) is 13.1 Å². The lowest BCUT2D eigenvalue weighted by Crippen LogP contribution is -2.31. The van der Waals surface area contributed by atoms with Crippen LogP contribution in [-0.4, -0.2) is 30.1 Å². The van der Waals surface area contributed by atoms with Gasteiger partial charge in [0.1, 0.15) is 0 Å². The number of nitrogens with one attached hydrogen (secondary N) is 2. The second kappa shape index (κ2) is 10.1. The van der Waals surface area contributed by atoms with E-state index in [1.807, 2.05) is 30.3 Å². The molecule has 9 heteroatoms.